The van der Waals surface area contributed by atoms with Crippen LogP contribution < -0.4 is 20.3 Å². The molecule has 1 aliphatic carbocycles. The molecule has 14 nitrogen and oxygen atoms in total. The first-order valence-electron chi connectivity index (χ1n) is 21.5. The van der Waals surface area contributed by atoms with Gasteiger partial charge >= 0.3 is 12.5 Å². The highest BCUT2D eigenvalue weighted by molar-refractivity contribution is 6.34. The smallest absolute Gasteiger partial charge is 0.453 e. The molecule has 4 aromatic rings. The van der Waals surface area contributed by atoms with Gasteiger partial charge in [-0.25, -0.2) is 14.8 Å². The van der Waals surface area contributed by atoms with Crippen molar-refractivity contribution in [3.8, 4) is 28.1 Å². The first kappa shape index (κ1) is 46.2. The van der Waals surface area contributed by atoms with E-state index in [1.54, 1.807) is 42.6 Å². The number of carbonyl (C=O) groups is 4. The van der Waals surface area contributed by atoms with Crippen molar-refractivity contribution >= 4 is 46.9 Å². The predicted molar refractivity (Wildman–Crippen MR) is 236 cm³/mol. The van der Waals surface area contributed by atoms with Gasteiger partial charge in [0.05, 0.1) is 41.3 Å². The third kappa shape index (κ3) is 9.93. The largest absolute Gasteiger partial charge is 0.573 e. The monoisotopic (exact) mass is 906 g/mol. The van der Waals surface area contributed by atoms with Crippen LogP contribution >= 0.6 is 11.6 Å². The van der Waals surface area contributed by atoms with Crippen molar-refractivity contribution in [3.05, 3.63) is 77.3 Å². The van der Waals surface area contributed by atoms with Gasteiger partial charge in [0.2, 0.25) is 11.8 Å². The minimum absolute atomic E-state index is 0.00270. The maximum absolute atomic E-state index is 14.1. The molecule has 0 spiro atoms. The molecule has 1 unspecified atom stereocenters. The zero-order valence-corrected chi connectivity index (χ0v) is 37.6. The van der Waals surface area contributed by atoms with E-state index in [1.165, 1.54) is 19.4 Å². The highest BCUT2D eigenvalue weighted by atomic mass is 35.5. The van der Waals surface area contributed by atoms with Crippen molar-refractivity contribution in [1.29, 1.82) is 0 Å². The van der Waals surface area contributed by atoms with Crippen LogP contribution in [0.15, 0.2) is 60.9 Å². The van der Waals surface area contributed by atoms with E-state index in [0.717, 1.165) is 31.7 Å². The van der Waals surface area contributed by atoms with Gasteiger partial charge in [0.25, 0.3) is 5.91 Å². The second-order valence-electron chi connectivity index (χ2n) is 18.2. The summed E-state index contributed by atoms with van der Waals surface area (Å²) in [6.07, 6.45) is 0.863. The fourth-order valence-corrected chi connectivity index (χ4v) is 9.33. The van der Waals surface area contributed by atoms with Crippen LogP contribution in [0.4, 0.5) is 29.5 Å². The molecule has 4 amide bonds. The first-order chi connectivity index (χ1) is 30.2. The van der Waals surface area contributed by atoms with Crippen LogP contribution in [0.2, 0.25) is 5.02 Å². The van der Waals surface area contributed by atoms with E-state index in [-0.39, 0.29) is 63.6 Å². The van der Waals surface area contributed by atoms with Crippen LogP contribution in [-0.2, 0) is 14.3 Å². The quantitative estimate of drug-likeness (QED) is 0.141. The van der Waals surface area contributed by atoms with E-state index in [4.69, 9.17) is 21.3 Å². The van der Waals surface area contributed by atoms with Gasteiger partial charge in [-0.2, -0.15) is 0 Å². The van der Waals surface area contributed by atoms with E-state index in [9.17, 15) is 32.3 Å². The minimum atomic E-state index is -5.06. The number of methoxy groups -OCH3 is 1. The SMILES string of the molecule is COC(=O)N[C@H](C(=O)N1C(c2ncc(-c3ccc(-c4cc(Cl)c(NC(=O)c5ccc(N6CCN(C(=O)C(C)(C)C)C[C@H]6C)nc5)cc4OC(F)(F)F)cc3)[nH]2)[C@H]2CCC[C@H]1C2)C(C)C. The van der Waals surface area contributed by atoms with Crippen LogP contribution in [-0.4, -0.2) is 99.8 Å². The Balaban J connectivity index is 1.07. The topological polar surface area (TPSA) is 162 Å². The number of anilines is 2. The van der Waals surface area contributed by atoms with E-state index >= 15 is 0 Å². The number of ether oxygens (including phenoxy) is 2. The van der Waals surface area contributed by atoms with E-state index in [0.29, 0.717) is 48.1 Å². The predicted octanol–water partition coefficient (Wildman–Crippen LogP) is 8.85. The molecule has 4 heterocycles. The summed E-state index contributed by atoms with van der Waals surface area (Å²) in [4.78, 5) is 70.9. The van der Waals surface area contributed by atoms with Crippen LogP contribution in [0.3, 0.4) is 0 Å². The molecule has 1 saturated carbocycles. The number of pyridine rings is 1. The molecular weight excluding hydrogens is 853 g/mol. The maximum atomic E-state index is 14.1. The van der Waals surface area contributed by atoms with Crippen molar-refractivity contribution in [2.75, 3.05) is 37.0 Å². The Morgan fingerprint density at radius 2 is 1.67 bits per heavy atom. The molecule has 2 aromatic heterocycles. The van der Waals surface area contributed by atoms with Crippen LogP contribution in [0.25, 0.3) is 22.4 Å². The molecule has 5 atom stereocenters. The average Bonchev–Trinajstić information content (AvgIpc) is 3.83. The van der Waals surface area contributed by atoms with E-state index in [1.807, 2.05) is 51.3 Å². The highest BCUT2D eigenvalue weighted by Crippen LogP contribution is 2.48. The minimum Gasteiger partial charge on any atom is -0.453 e. The van der Waals surface area contributed by atoms with Crippen molar-refractivity contribution in [1.82, 2.24) is 30.1 Å². The zero-order chi connectivity index (χ0) is 46.2. The van der Waals surface area contributed by atoms with Gasteiger partial charge in [0, 0.05) is 55.0 Å². The molecule has 342 valence electrons. The molecule has 3 aliphatic rings. The Hall–Kier alpha value is -5.84. The van der Waals surface area contributed by atoms with Gasteiger partial charge < -0.3 is 39.8 Å². The third-order valence-corrected chi connectivity index (χ3v) is 12.6. The highest BCUT2D eigenvalue weighted by Gasteiger charge is 2.49. The summed E-state index contributed by atoms with van der Waals surface area (Å²) in [5.41, 5.74) is 1.28. The first-order valence-corrected chi connectivity index (χ1v) is 21.8. The van der Waals surface area contributed by atoms with Crippen molar-refractivity contribution in [2.45, 2.75) is 97.8 Å². The number of halogens is 4. The van der Waals surface area contributed by atoms with Crippen LogP contribution in [0.1, 0.15) is 89.4 Å². The summed E-state index contributed by atoms with van der Waals surface area (Å²) < 4.78 is 50.7. The fourth-order valence-electron chi connectivity index (χ4n) is 9.11. The Morgan fingerprint density at radius 1 is 0.953 bits per heavy atom. The van der Waals surface area contributed by atoms with E-state index in [2.05, 4.69) is 30.2 Å². The fraction of sp³-hybridized carbons (Fsp3) is 0.478. The molecule has 2 aliphatic heterocycles. The number of aromatic amines is 1. The van der Waals surface area contributed by atoms with Gasteiger partial charge in [-0.15, -0.1) is 13.2 Å². The molecule has 64 heavy (non-hydrogen) atoms. The molecule has 2 saturated heterocycles. The number of nitrogens with one attached hydrogen (secondary N) is 3. The molecule has 3 N–H and O–H groups in total. The molecule has 3 fully saturated rings. The number of rotatable bonds is 10. The average molecular weight is 907 g/mol. The Bertz CT molecular complexity index is 2370. The number of aromatic nitrogens is 3. The molecule has 2 bridgehead atoms. The lowest BCUT2D eigenvalue weighted by atomic mass is 9.87. The van der Waals surface area contributed by atoms with Crippen molar-refractivity contribution in [3.63, 3.8) is 0 Å². The third-order valence-electron chi connectivity index (χ3n) is 12.3. The standard InChI is InChI=1S/C46H54ClF3N8O6/c1-25(2)38(55-44(62)63-7)42(60)58-31-10-8-9-29(19-31)39(58)40-52-23-35(53-40)28-13-11-27(12-14-28)32-20-33(47)34(21-36(32)64-46(48,49)50)54-41(59)30-15-16-37(51-22-30)57-18-17-56(24-26(57)3)43(61)45(4,5)6/h11-16,20-23,25-26,29,31,38-39H,8-10,17-19,24H2,1-7H3,(H,52,53)(H,54,59)(H,55,62)/t26-,29+,31+,38+,39?/m1/s1. The summed E-state index contributed by atoms with van der Waals surface area (Å²) in [5.74, 6) is -0.127. The second-order valence-corrected chi connectivity index (χ2v) is 18.6. The van der Waals surface area contributed by atoms with Gasteiger partial charge in [0.1, 0.15) is 23.4 Å². The summed E-state index contributed by atoms with van der Waals surface area (Å²) in [6.45, 7) is 13.0. The number of likely N-dealkylation sites (tertiary alicyclic amines) is 1. The number of H-pyrrole nitrogens is 1. The number of imidazole rings is 1. The van der Waals surface area contributed by atoms with Gasteiger partial charge in [-0.3, -0.25) is 14.4 Å². The number of hydrogen-bond acceptors (Lipinski definition) is 9. The number of carbonyl (C=O) groups excluding carboxylic acids is 4. The van der Waals surface area contributed by atoms with Crippen molar-refractivity contribution in [2.24, 2.45) is 17.3 Å². The summed E-state index contributed by atoms with van der Waals surface area (Å²) in [6, 6.07) is 11.2. The lowest BCUT2D eigenvalue weighted by Gasteiger charge is -2.42. The van der Waals surface area contributed by atoms with Gasteiger partial charge in [0.15, 0.2) is 0 Å². The number of amides is 4. The summed E-state index contributed by atoms with van der Waals surface area (Å²) >= 11 is 6.62. The molecule has 7 rings (SSSR count). The Morgan fingerprint density at radius 3 is 2.30 bits per heavy atom. The number of nitrogens with zero attached hydrogens (tertiary/aromatic N) is 5. The zero-order valence-electron chi connectivity index (χ0n) is 36.9. The number of benzene rings is 2. The molecular formula is C46H54ClF3N8O6. The van der Waals surface area contributed by atoms with Crippen LogP contribution in [0.5, 0.6) is 5.75 Å². The lowest BCUT2D eigenvalue weighted by Crippen LogP contribution is -2.56. The van der Waals surface area contributed by atoms with E-state index < -0.39 is 35.6 Å². The van der Waals surface area contributed by atoms with Gasteiger partial charge in [-0.1, -0.05) is 76.9 Å². The summed E-state index contributed by atoms with van der Waals surface area (Å²) in [7, 11) is 1.26. The second kappa shape index (κ2) is 18.3. The number of alkyl halides is 3. The Labute approximate surface area is 375 Å². The number of hydrogen-bond donors (Lipinski definition) is 3. The molecule has 2 aromatic carbocycles. The Kier molecular flexibility index (Phi) is 13.2. The maximum Gasteiger partial charge on any atom is 0.573 e. The normalized spacial score (nSPS) is 20.5. The molecule has 0 radical (unpaired) electrons. The lowest BCUT2D eigenvalue weighted by molar-refractivity contribution is -0.274. The number of alkyl carbamates (subject to hydrolysis) is 1. The van der Waals surface area contributed by atoms with Crippen LogP contribution in [0, 0.1) is 17.3 Å². The summed E-state index contributed by atoms with van der Waals surface area (Å²) in [5, 5.41) is 5.28. The number of piperazine rings is 1. The number of fused-ring (bicyclic) bond motifs is 2. The van der Waals surface area contributed by atoms with Crippen molar-refractivity contribution < 1.29 is 41.8 Å². The van der Waals surface area contributed by atoms with Gasteiger partial charge in [-0.05, 0) is 67.3 Å². The molecule has 18 heteroatoms.